The second-order valence-electron chi connectivity index (χ2n) is 3.18. The van der Waals surface area contributed by atoms with Gasteiger partial charge < -0.3 is 9.47 Å². The largest absolute Gasteiger partial charge is 0.460 e. The molecular formula is C11H10I4O3. The molecule has 1 aromatic carbocycles. The molecule has 1 aromatic rings. The van der Waals surface area contributed by atoms with E-state index in [0.29, 0.717) is 25.4 Å². The van der Waals surface area contributed by atoms with Gasteiger partial charge in [0.15, 0.2) is 0 Å². The van der Waals surface area contributed by atoms with Gasteiger partial charge in [0.25, 0.3) is 0 Å². The zero-order chi connectivity index (χ0) is 13.7. The van der Waals surface area contributed by atoms with E-state index in [1.807, 2.05) is 13.0 Å². The molecule has 0 N–H and O–H groups in total. The minimum Gasteiger partial charge on any atom is -0.460 e. The molecule has 7 heteroatoms. The fourth-order valence-corrected chi connectivity index (χ4v) is 5.40. The molecular weight excluding hydrogens is 688 g/mol. The molecule has 18 heavy (non-hydrogen) atoms. The van der Waals surface area contributed by atoms with Crippen molar-refractivity contribution in [3.63, 3.8) is 0 Å². The molecule has 0 aromatic heterocycles. The van der Waals surface area contributed by atoms with Crippen LogP contribution in [-0.2, 0) is 9.47 Å². The highest BCUT2D eigenvalue weighted by molar-refractivity contribution is 14.1. The first-order valence-electron chi connectivity index (χ1n) is 5.06. The van der Waals surface area contributed by atoms with Gasteiger partial charge in [-0.3, -0.25) is 0 Å². The van der Waals surface area contributed by atoms with Crippen molar-refractivity contribution in [2.75, 3.05) is 19.8 Å². The smallest absolute Gasteiger partial charge is 0.340 e. The maximum Gasteiger partial charge on any atom is 0.340 e. The van der Waals surface area contributed by atoms with E-state index in [-0.39, 0.29) is 5.97 Å². The Bertz CT molecular complexity index is 448. The molecule has 0 fully saturated rings. The third-order valence-corrected chi connectivity index (χ3v) is 7.95. The van der Waals surface area contributed by atoms with Crippen LogP contribution < -0.4 is 0 Å². The quantitative estimate of drug-likeness (QED) is 0.152. The molecule has 0 aliphatic rings. The lowest BCUT2D eigenvalue weighted by Gasteiger charge is -2.11. The van der Waals surface area contributed by atoms with Gasteiger partial charge in [-0.1, -0.05) is 0 Å². The summed E-state index contributed by atoms with van der Waals surface area (Å²) >= 11 is 8.87. The zero-order valence-corrected chi connectivity index (χ0v) is 18.1. The molecule has 0 aliphatic heterocycles. The first kappa shape index (κ1) is 17.6. The van der Waals surface area contributed by atoms with Crippen molar-refractivity contribution in [3.8, 4) is 0 Å². The first-order valence-corrected chi connectivity index (χ1v) is 9.38. The summed E-state index contributed by atoms with van der Waals surface area (Å²) in [6.07, 6.45) is 0. The zero-order valence-electron chi connectivity index (χ0n) is 9.44. The van der Waals surface area contributed by atoms with Crippen molar-refractivity contribution in [3.05, 3.63) is 25.9 Å². The number of hydrogen-bond donors (Lipinski definition) is 0. The summed E-state index contributed by atoms with van der Waals surface area (Å²) < 4.78 is 14.5. The van der Waals surface area contributed by atoms with Crippen LogP contribution in [0, 0.1) is 14.3 Å². The standard InChI is InChI=1S/C11H10I4O3/c1-2-17-3-4-18-11(16)8-6(12)5-7(13)9(14)10(8)15/h5H,2-4H2,1H3. The van der Waals surface area contributed by atoms with Gasteiger partial charge in [0.05, 0.1) is 12.2 Å². The molecule has 0 saturated carbocycles. The number of hydrogen-bond acceptors (Lipinski definition) is 3. The van der Waals surface area contributed by atoms with Gasteiger partial charge in [-0.2, -0.15) is 0 Å². The van der Waals surface area contributed by atoms with Crippen LogP contribution in [0.3, 0.4) is 0 Å². The van der Waals surface area contributed by atoms with E-state index in [9.17, 15) is 4.79 Å². The first-order chi connectivity index (χ1) is 8.49. The third kappa shape index (κ3) is 4.84. The highest BCUT2D eigenvalue weighted by atomic mass is 127. The van der Waals surface area contributed by atoms with E-state index in [1.165, 1.54) is 0 Å². The number of esters is 1. The highest BCUT2D eigenvalue weighted by Gasteiger charge is 2.19. The number of carbonyl (C=O) groups excluding carboxylic acids is 1. The Balaban J connectivity index is 2.83. The Morgan fingerprint density at radius 3 is 2.39 bits per heavy atom. The van der Waals surface area contributed by atoms with E-state index in [4.69, 9.17) is 9.47 Å². The molecule has 0 aliphatic carbocycles. The Kier molecular flexibility index (Phi) is 8.58. The molecule has 1 rings (SSSR count). The number of benzene rings is 1. The average Bonchev–Trinajstić information content (AvgIpc) is 2.32. The molecule has 0 spiro atoms. The molecule has 0 bridgehead atoms. The summed E-state index contributed by atoms with van der Waals surface area (Å²) in [6.45, 7) is 3.28. The average molecular weight is 698 g/mol. The van der Waals surface area contributed by atoms with Gasteiger partial charge in [0.2, 0.25) is 0 Å². The molecule has 0 atom stereocenters. The van der Waals surface area contributed by atoms with Crippen LogP contribution in [-0.4, -0.2) is 25.8 Å². The Morgan fingerprint density at radius 2 is 1.78 bits per heavy atom. The van der Waals surface area contributed by atoms with Crippen molar-refractivity contribution in [1.29, 1.82) is 0 Å². The number of rotatable bonds is 5. The van der Waals surface area contributed by atoms with Gasteiger partial charge in [0, 0.05) is 20.9 Å². The van der Waals surface area contributed by atoms with Crippen molar-refractivity contribution in [2.45, 2.75) is 6.92 Å². The van der Waals surface area contributed by atoms with Gasteiger partial charge in [-0.05, 0) is 103 Å². The highest BCUT2D eigenvalue weighted by Crippen LogP contribution is 2.29. The fraction of sp³-hybridized carbons (Fsp3) is 0.364. The molecule has 0 amide bonds. The third-order valence-electron chi connectivity index (χ3n) is 1.98. The maximum atomic E-state index is 12.0. The van der Waals surface area contributed by atoms with Crippen LogP contribution in [0.5, 0.6) is 0 Å². The van der Waals surface area contributed by atoms with Crippen LogP contribution in [0.1, 0.15) is 17.3 Å². The van der Waals surface area contributed by atoms with E-state index in [1.54, 1.807) is 0 Å². The van der Waals surface area contributed by atoms with E-state index in [2.05, 4.69) is 90.4 Å². The summed E-state index contributed by atoms with van der Waals surface area (Å²) in [4.78, 5) is 12.0. The molecule has 100 valence electrons. The summed E-state index contributed by atoms with van der Waals surface area (Å²) in [5, 5.41) is 0. The van der Waals surface area contributed by atoms with Crippen LogP contribution >= 0.6 is 90.4 Å². The van der Waals surface area contributed by atoms with Gasteiger partial charge in [-0.15, -0.1) is 0 Å². The number of ether oxygens (including phenoxy) is 2. The van der Waals surface area contributed by atoms with Crippen molar-refractivity contribution in [1.82, 2.24) is 0 Å². The summed E-state index contributed by atoms with van der Waals surface area (Å²) in [6, 6.07) is 1.99. The van der Waals surface area contributed by atoms with Crippen LogP contribution in [0.15, 0.2) is 6.07 Å². The molecule has 0 saturated heterocycles. The summed E-state index contributed by atoms with van der Waals surface area (Å²) in [5.74, 6) is -0.280. The topological polar surface area (TPSA) is 35.5 Å². The Labute approximate surface area is 161 Å². The second-order valence-corrected chi connectivity index (χ2v) is 7.66. The molecule has 0 radical (unpaired) electrons. The minimum atomic E-state index is -0.280. The number of halogens is 4. The van der Waals surface area contributed by atoms with E-state index >= 15 is 0 Å². The normalized spacial score (nSPS) is 10.5. The van der Waals surface area contributed by atoms with Crippen molar-refractivity contribution < 1.29 is 14.3 Å². The molecule has 3 nitrogen and oxygen atoms in total. The minimum absolute atomic E-state index is 0.280. The van der Waals surface area contributed by atoms with Gasteiger partial charge >= 0.3 is 5.97 Å². The maximum absolute atomic E-state index is 12.0. The predicted octanol–water partition coefficient (Wildman–Crippen LogP) is 4.30. The lowest BCUT2D eigenvalue weighted by molar-refractivity contribution is 0.0333. The Morgan fingerprint density at radius 1 is 1.11 bits per heavy atom. The van der Waals surface area contributed by atoms with E-state index < -0.39 is 0 Å². The molecule has 0 heterocycles. The lowest BCUT2D eigenvalue weighted by atomic mass is 10.2. The monoisotopic (exact) mass is 698 g/mol. The SMILES string of the molecule is CCOCCOC(=O)c1c(I)cc(I)c(I)c1I. The number of carbonyl (C=O) groups is 1. The Hall–Kier alpha value is 1.57. The summed E-state index contributed by atoms with van der Waals surface area (Å²) in [7, 11) is 0. The predicted molar refractivity (Wildman–Crippen MR) is 104 cm³/mol. The molecule has 0 unspecified atom stereocenters. The van der Waals surface area contributed by atoms with Crippen molar-refractivity contribution in [2.24, 2.45) is 0 Å². The fourth-order valence-electron chi connectivity index (χ4n) is 1.16. The van der Waals surface area contributed by atoms with Crippen LogP contribution in [0.4, 0.5) is 0 Å². The van der Waals surface area contributed by atoms with E-state index in [0.717, 1.165) is 14.3 Å². The lowest BCUT2D eigenvalue weighted by Crippen LogP contribution is -2.14. The summed E-state index contributed by atoms with van der Waals surface area (Å²) in [5.41, 5.74) is 0.650. The van der Waals surface area contributed by atoms with Crippen LogP contribution in [0.2, 0.25) is 0 Å². The van der Waals surface area contributed by atoms with Crippen LogP contribution in [0.25, 0.3) is 0 Å². The van der Waals surface area contributed by atoms with Gasteiger partial charge in [-0.25, -0.2) is 4.79 Å². The second kappa shape index (κ2) is 8.77. The van der Waals surface area contributed by atoms with Crippen molar-refractivity contribution >= 4 is 96.3 Å². The van der Waals surface area contributed by atoms with Gasteiger partial charge in [0.1, 0.15) is 6.61 Å².